The van der Waals surface area contributed by atoms with Crippen LogP contribution in [0, 0.1) is 0 Å². The number of carbonyl (C=O) groups is 2. The highest BCUT2D eigenvalue weighted by atomic mass is 35.5. The van der Waals surface area contributed by atoms with Crippen LogP contribution in [0.5, 0.6) is 5.75 Å². The van der Waals surface area contributed by atoms with Crippen LogP contribution in [0.3, 0.4) is 0 Å². The maximum atomic E-state index is 13.1. The molecule has 0 aromatic heterocycles. The minimum atomic E-state index is -0.637. The zero-order valence-corrected chi connectivity index (χ0v) is 15.0. The van der Waals surface area contributed by atoms with E-state index in [0.717, 1.165) is 45.1 Å². The van der Waals surface area contributed by atoms with E-state index in [1.807, 2.05) is 17.0 Å². The molecule has 5 nitrogen and oxygen atoms in total. The number of piperidine rings is 1. The topological polar surface area (TPSA) is 49.9 Å². The van der Waals surface area contributed by atoms with Crippen LogP contribution in [-0.2, 0) is 9.59 Å². The summed E-state index contributed by atoms with van der Waals surface area (Å²) >= 11 is 6.08. The minimum absolute atomic E-state index is 0.0812. The summed E-state index contributed by atoms with van der Waals surface area (Å²) in [7, 11) is 0. The van der Waals surface area contributed by atoms with Gasteiger partial charge in [-0.15, -0.1) is 0 Å². The Morgan fingerprint density at radius 2 is 1.92 bits per heavy atom. The summed E-state index contributed by atoms with van der Waals surface area (Å²) in [5.74, 6) is 0.536. The van der Waals surface area contributed by atoms with Crippen LogP contribution < -0.4 is 4.74 Å². The third-order valence-corrected chi connectivity index (χ3v) is 5.93. The molecule has 1 spiro atoms. The molecule has 0 N–H and O–H groups in total. The number of halogens is 1. The van der Waals surface area contributed by atoms with Crippen molar-refractivity contribution in [2.75, 3.05) is 19.7 Å². The quantitative estimate of drug-likeness (QED) is 0.827. The zero-order chi connectivity index (χ0) is 17.4. The van der Waals surface area contributed by atoms with Gasteiger partial charge < -0.3 is 14.5 Å². The molecule has 1 aliphatic carbocycles. The fourth-order valence-corrected chi connectivity index (χ4v) is 4.45. The number of ether oxygens (including phenoxy) is 1. The Bertz CT molecular complexity index is 691. The number of hydrogen-bond donors (Lipinski definition) is 0. The summed E-state index contributed by atoms with van der Waals surface area (Å²) < 4.78 is 5.62. The Kier molecular flexibility index (Phi) is 4.36. The van der Waals surface area contributed by atoms with Gasteiger partial charge in [-0.2, -0.15) is 0 Å². The predicted molar refractivity (Wildman–Crippen MR) is 94.6 cm³/mol. The first-order chi connectivity index (χ1) is 12.1. The second-order valence-corrected chi connectivity index (χ2v) is 7.64. The van der Waals surface area contributed by atoms with Crippen molar-refractivity contribution in [3.05, 3.63) is 29.3 Å². The number of rotatable bonds is 4. The second kappa shape index (κ2) is 6.52. The fourth-order valence-electron chi connectivity index (χ4n) is 4.26. The van der Waals surface area contributed by atoms with Gasteiger partial charge in [0.15, 0.2) is 6.61 Å². The van der Waals surface area contributed by atoms with Gasteiger partial charge in [0.2, 0.25) is 5.91 Å². The molecular formula is C19H23ClN2O3. The third kappa shape index (κ3) is 2.99. The molecule has 3 fully saturated rings. The summed E-state index contributed by atoms with van der Waals surface area (Å²) in [5, 5.41) is 0.486. The highest BCUT2D eigenvalue weighted by Crippen LogP contribution is 2.41. The van der Waals surface area contributed by atoms with E-state index in [0.29, 0.717) is 23.4 Å². The number of nitrogens with zero attached hydrogens (tertiary/aromatic N) is 2. The van der Waals surface area contributed by atoms with E-state index in [-0.39, 0.29) is 18.4 Å². The first-order valence-corrected chi connectivity index (χ1v) is 9.48. The van der Waals surface area contributed by atoms with Gasteiger partial charge in [-0.1, -0.05) is 23.7 Å². The van der Waals surface area contributed by atoms with Crippen molar-refractivity contribution in [1.29, 1.82) is 0 Å². The molecule has 2 aliphatic heterocycles. The van der Waals surface area contributed by atoms with Crippen LogP contribution in [0.1, 0.15) is 38.5 Å². The summed E-state index contributed by atoms with van der Waals surface area (Å²) in [6, 6.07) is 7.52. The van der Waals surface area contributed by atoms with E-state index >= 15 is 0 Å². The van der Waals surface area contributed by atoms with Gasteiger partial charge in [0.05, 0.1) is 5.02 Å². The highest BCUT2D eigenvalue weighted by molar-refractivity contribution is 6.32. The fraction of sp³-hybridized carbons (Fsp3) is 0.579. The molecule has 2 saturated heterocycles. The molecule has 134 valence electrons. The van der Waals surface area contributed by atoms with Crippen molar-refractivity contribution in [3.63, 3.8) is 0 Å². The van der Waals surface area contributed by atoms with Gasteiger partial charge in [-0.25, -0.2) is 0 Å². The second-order valence-electron chi connectivity index (χ2n) is 7.23. The van der Waals surface area contributed by atoms with E-state index in [4.69, 9.17) is 16.3 Å². The minimum Gasteiger partial charge on any atom is -0.482 e. The van der Waals surface area contributed by atoms with Crippen LogP contribution in [0.25, 0.3) is 0 Å². The van der Waals surface area contributed by atoms with Crippen molar-refractivity contribution >= 4 is 23.4 Å². The maximum absolute atomic E-state index is 13.1. The van der Waals surface area contributed by atoms with E-state index < -0.39 is 5.54 Å². The van der Waals surface area contributed by atoms with Gasteiger partial charge >= 0.3 is 0 Å². The van der Waals surface area contributed by atoms with Crippen LogP contribution in [0.4, 0.5) is 0 Å². The Labute approximate surface area is 152 Å². The van der Waals surface area contributed by atoms with E-state index in [2.05, 4.69) is 0 Å². The molecule has 1 unspecified atom stereocenters. The lowest BCUT2D eigenvalue weighted by Crippen LogP contribution is -2.62. The van der Waals surface area contributed by atoms with Gasteiger partial charge in [0.25, 0.3) is 5.91 Å². The molecule has 25 heavy (non-hydrogen) atoms. The summed E-state index contributed by atoms with van der Waals surface area (Å²) in [4.78, 5) is 29.8. The number of amides is 2. The smallest absolute Gasteiger partial charge is 0.261 e. The van der Waals surface area contributed by atoms with Gasteiger partial charge in [0, 0.05) is 19.1 Å². The van der Waals surface area contributed by atoms with Gasteiger partial charge in [0.1, 0.15) is 11.3 Å². The van der Waals surface area contributed by atoms with Crippen molar-refractivity contribution in [1.82, 2.24) is 9.80 Å². The Balaban J connectivity index is 1.48. The van der Waals surface area contributed by atoms with E-state index in [9.17, 15) is 9.59 Å². The van der Waals surface area contributed by atoms with Crippen molar-refractivity contribution in [2.45, 2.75) is 50.1 Å². The summed E-state index contributed by atoms with van der Waals surface area (Å²) in [5.41, 5.74) is -0.637. The highest BCUT2D eigenvalue weighted by Gasteiger charge is 2.54. The number of likely N-dealkylation sites (tertiary alicyclic amines) is 2. The van der Waals surface area contributed by atoms with Crippen LogP contribution in [0.2, 0.25) is 5.02 Å². The summed E-state index contributed by atoms with van der Waals surface area (Å²) in [6.07, 6.45) is 5.59. The normalized spacial score (nSPS) is 26.4. The first kappa shape index (κ1) is 16.7. The van der Waals surface area contributed by atoms with Crippen molar-refractivity contribution < 1.29 is 14.3 Å². The zero-order valence-electron chi connectivity index (χ0n) is 14.2. The monoisotopic (exact) mass is 362 g/mol. The molecule has 1 aromatic rings. The molecule has 2 amide bonds. The van der Waals surface area contributed by atoms with E-state index in [1.54, 1.807) is 17.0 Å². The molecule has 0 radical (unpaired) electrons. The number of para-hydroxylation sites is 1. The van der Waals surface area contributed by atoms with Crippen molar-refractivity contribution in [3.8, 4) is 5.75 Å². The first-order valence-electron chi connectivity index (χ1n) is 9.11. The molecule has 4 rings (SSSR count). The molecule has 1 saturated carbocycles. The number of hydrogen-bond acceptors (Lipinski definition) is 3. The molecule has 0 bridgehead atoms. The molecular weight excluding hydrogens is 340 g/mol. The molecule has 3 aliphatic rings. The molecule has 6 heteroatoms. The molecule has 1 aromatic carbocycles. The van der Waals surface area contributed by atoms with Gasteiger partial charge in [-0.05, 0) is 50.7 Å². The standard InChI is InChI=1S/C19H23ClN2O3/c20-15-5-1-2-6-16(15)25-13-17(23)22-12-4-10-19(22)9-3-11-21(18(19)24)14-7-8-14/h1-2,5-6,14H,3-4,7-13H2. The average molecular weight is 363 g/mol. The predicted octanol–water partition coefficient (Wildman–Crippen LogP) is 2.86. The van der Waals surface area contributed by atoms with Crippen molar-refractivity contribution in [2.24, 2.45) is 0 Å². The Morgan fingerprint density at radius 3 is 2.64 bits per heavy atom. The van der Waals surface area contributed by atoms with Crippen LogP contribution in [-0.4, -0.2) is 52.9 Å². The number of carbonyl (C=O) groups excluding carboxylic acids is 2. The van der Waals surface area contributed by atoms with E-state index in [1.165, 1.54) is 0 Å². The lowest BCUT2D eigenvalue weighted by molar-refractivity contribution is -0.156. The lowest BCUT2D eigenvalue weighted by atomic mass is 9.85. The van der Waals surface area contributed by atoms with Crippen LogP contribution in [0.15, 0.2) is 24.3 Å². The average Bonchev–Trinajstić information content (AvgIpc) is 3.37. The lowest BCUT2D eigenvalue weighted by Gasteiger charge is -2.44. The largest absolute Gasteiger partial charge is 0.482 e. The Hall–Kier alpha value is -1.75. The summed E-state index contributed by atoms with van der Waals surface area (Å²) in [6.45, 7) is 1.39. The maximum Gasteiger partial charge on any atom is 0.261 e. The third-order valence-electron chi connectivity index (χ3n) is 5.61. The Morgan fingerprint density at radius 1 is 1.20 bits per heavy atom. The van der Waals surface area contributed by atoms with Crippen LogP contribution >= 0.6 is 11.6 Å². The SMILES string of the molecule is O=C(COc1ccccc1Cl)N1CCCC12CCCN(C1CC1)C2=O. The number of benzene rings is 1. The molecule has 1 atom stereocenters. The van der Waals surface area contributed by atoms with Gasteiger partial charge in [-0.3, -0.25) is 9.59 Å². The molecule has 2 heterocycles.